The first kappa shape index (κ1) is 14.8. The predicted molar refractivity (Wildman–Crippen MR) is 81.1 cm³/mol. The average Bonchev–Trinajstić information content (AvgIpc) is 2.42. The van der Waals surface area contributed by atoms with Crippen LogP contribution in [-0.4, -0.2) is 15.3 Å². The molecule has 0 atom stereocenters. The highest BCUT2D eigenvalue weighted by atomic mass is 127. The number of ketones is 1. The molecule has 2 aromatic rings. The van der Waals surface area contributed by atoms with Gasteiger partial charge in [-0.15, -0.1) is 0 Å². The van der Waals surface area contributed by atoms with Crippen molar-refractivity contribution in [2.45, 2.75) is 19.9 Å². The molecule has 20 heavy (non-hydrogen) atoms. The average molecular weight is 386 g/mol. The molecule has 2 rings (SSSR count). The lowest BCUT2D eigenvalue weighted by atomic mass is 10.1. The summed E-state index contributed by atoms with van der Waals surface area (Å²) in [6, 6.07) is 6.12. The van der Waals surface area contributed by atoms with E-state index in [0.717, 1.165) is 0 Å². The molecule has 0 saturated carbocycles. The predicted octanol–water partition coefficient (Wildman–Crippen LogP) is 2.11. The lowest BCUT2D eigenvalue weighted by Crippen LogP contribution is -2.28. The summed E-state index contributed by atoms with van der Waals surface area (Å²) < 4.78 is 15.2. The van der Waals surface area contributed by atoms with Crippen molar-refractivity contribution in [3.63, 3.8) is 0 Å². The summed E-state index contributed by atoms with van der Waals surface area (Å²) in [4.78, 5) is 27.9. The van der Waals surface area contributed by atoms with Crippen LogP contribution in [0.1, 0.15) is 11.3 Å². The number of carbonyl (C=O) groups excluding carboxylic acids is 1. The molecular formula is C14H12FIN2O2. The number of hydrogen-bond donors (Lipinski definition) is 0. The second kappa shape index (κ2) is 6.25. The maximum Gasteiger partial charge on any atom is 0.267 e. The second-order valence-electron chi connectivity index (χ2n) is 4.38. The van der Waals surface area contributed by atoms with Gasteiger partial charge in [0.1, 0.15) is 5.82 Å². The van der Waals surface area contributed by atoms with Crippen molar-refractivity contribution in [1.29, 1.82) is 0 Å². The van der Waals surface area contributed by atoms with Gasteiger partial charge in [-0.05, 0) is 41.1 Å². The van der Waals surface area contributed by atoms with E-state index in [1.165, 1.54) is 17.0 Å². The summed E-state index contributed by atoms with van der Waals surface area (Å²) in [5.74, 6) is -0.650. The van der Waals surface area contributed by atoms with E-state index in [0.29, 0.717) is 14.8 Å². The molecule has 1 heterocycles. The molecule has 1 aromatic heterocycles. The Morgan fingerprint density at radius 2 is 2.10 bits per heavy atom. The van der Waals surface area contributed by atoms with Crippen molar-refractivity contribution < 1.29 is 9.18 Å². The van der Waals surface area contributed by atoms with Gasteiger partial charge in [-0.1, -0.05) is 18.2 Å². The van der Waals surface area contributed by atoms with Crippen LogP contribution in [0.5, 0.6) is 0 Å². The SMILES string of the molecule is Cc1ncn(CC(=O)Cc2ccccc2F)c(=O)c1I. The Balaban J connectivity index is 2.15. The van der Waals surface area contributed by atoms with Gasteiger partial charge in [-0.25, -0.2) is 9.37 Å². The highest BCUT2D eigenvalue weighted by Gasteiger charge is 2.11. The quantitative estimate of drug-likeness (QED) is 0.757. The number of halogens is 2. The molecule has 0 aliphatic rings. The molecule has 0 N–H and O–H groups in total. The van der Waals surface area contributed by atoms with Crippen LogP contribution in [0.25, 0.3) is 0 Å². The van der Waals surface area contributed by atoms with Gasteiger partial charge in [0, 0.05) is 6.42 Å². The Bertz CT molecular complexity index is 713. The van der Waals surface area contributed by atoms with Gasteiger partial charge in [0.2, 0.25) is 0 Å². The van der Waals surface area contributed by atoms with Gasteiger partial charge in [-0.2, -0.15) is 0 Å². The van der Waals surface area contributed by atoms with Crippen LogP contribution in [0.3, 0.4) is 0 Å². The minimum atomic E-state index is -0.412. The molecule has 1 aromatic carbocycles. The lowest BCUT2D eigenvalue weighted by Gasteiger charge is -2.07. The van der Waals surface area contributed by atoms with E-state index < -0.39 is 5.82 Å². The number of aromatic nitrogens is 2. The molecule has 0 radical (unpaired) electrons. The molecule has 0 saturated heterocycles. The van der Waals surface area contributed by atoms with Gasteiger partial charge >= 0.3 is 0 Å². The van der Waals surface area contributed by atoms with Crippen LogP contribution in [0, 0.1) is 16.3 Å². The Morgan fingerprint density at radius 3 is 2.80 bits per heavy atom. The number of rotatable bonds is 4. The number of nitrogens with zero attached hydrogens (tertiary/aromatic N) is 2. The van der Waals surface area contributed by atoms with Gasteiger partial charge in [0.05, 0.1) is 22.1 Å². The van der Waals surface area contributed by atoms with Gasteiger partial charge in [0.25, 0.3) is 5.56 Å². The lowest BCUT2D eigenvalue weighted by molar-refractivity contribution is -0.119. The maximum atomic E-state index is 13.5. The van der Waals surface area contributed by atoms with Crippen LogP contribution in [0.2, 0.25) is 0 Å². The smallest absolute Gasteiger partial charge is 0.267 e. The Labute approximate surface area is 128 Å². The highest BCUT2D eigenvalue weighted by Crippen LogP contribution is 2.08. The molecule has 0 aliphatic heterocycles. The normalized spacial score (nSPS) is 10.6. The van der Waals surface area contributed by atoms with Crippen LogP contribution in [0.4, 0.5) is 4.39 Å². The summed E-state index contributed by atoms with van der Waals surface area (Å²) in [6.07, 6.45) is 1.31. The van der Waals surface area contributed by atoms with E-state index in [-0.39, 0.29) is 24.3 Å². The monoisotopic (exact) mass is 386 g/mol. The topological polar surface area (TPSA) is 52.0 Å². The van der Waals surface area contributed by atoms with Gasteiger partial charge in [-0.3, -0.25) is 14.2 Å². The first-order valence-corrected chi connectivity index (χ1v) is 7.03. The Hall–Kier alpha value is -1.57. The molecule has 6 heteroatoms. The molecule has 0 aliphatic carbocycles. The van der Waals surface area contributed by atoms with Crippen molar-refractivity contribution in [3.05, 3.63) is 61.6 Å². The van der Waals surface area contributed by atoms with Gasteiger partial charge in [0.15, 0.2) is 5.78 Å². The Morgan fingerprint density at radius 1 is 1.40 bits per heavy atom. The Kier molecular flexibility index (Phi) is 4.64. The van der Waals surface area contributed by atoms with Crippen molar-refractivity contribution in [2.24, 2.45) is 0 Å². The highest BCUT2D eigenvalue weighted by molar-refractivity contribution is 14.1. The molecular weight excluding hydrogens is 374 g/mol. The van der Waals surface area contributed by atoms with E-state index in [9.17, 15) is 14.0 Å². The van der Waals surface area contributed by atoms with E-state index >= 15 is 0 Å². The van der Waals surface area contributed by atoms with Crippen molar-refractivity contribution in [1.82, 2.24) is 9.55 Å². The fourth-order valence-electron chi connectivity index (χ4n) is 1.76. The third-order valence-electron chi connectivity index (χ3n) is 2.85. The minimum Gasteiger partial charge on any atom is -0.297 e. The number of aryl methyl sites for hydroxylation is 1. The molecule has 0 bridgehead atoms. The summed E-state index contributed by atoms with van der Waals surface area (Å²) in [7, 11) is 0. The van der Waals surface area contributed by atoms with E-state index in [1.807, 2.05) is 22.6 Å². The minimum absolute atomic E-state index is 0.0381. The number of carbonyl (C=O) groups is 1. The van der Waals surface area contributed by atoms with Crippen LogP contribution >= 0.6 is 22.6 Å². The van der Waals surface area contributed by atoms with E-state index in [2.05, 4.69) is 4.98 Å². The third kappa shape index (κ3) is 3.30. The molecule has 0 fully saturated rings. The van der Waals surface area contributed by atoms with Crippen molar-refractivity contribution >= 4 is 28.4 Å². The summed E-state index contributed by atoms with van der Waals surface area (Å²) in [5.41, 5.74) is 0.716. The van der Waals surface area contributed by atoms with E-state index in [4.69, 9.17) is 0 Å². The maximum absolute atomic E-state index is 13.5. The largest absolute Gasteiger partial charge is 0.297 e. The number of Topliss-reactive ketones (excluding diaryl/α,β-unsaturated/α-hetero) is 1. The van der Waals surface area contributed by atoms with Crippen molar-refractivity contribution in [3.8, 4) is 0 Å². The van der Waals surface area contributed by atoms with E-state index in [1.54, 1.807) is 25.1 Å². The number of benzene rings is 1. The van der Waals surface area contributed by atoms with Gasteiger partial charge < -0.3 is 0 Å². The summed E-state index contributed by atoms with van der Waals surface area (Å²) in [6.45, 7) is 1.63. The zero-order valence-corrected chi connectivity index (χ0v) is 12.9. The zero-order chi connectivity index (χ0) is 14.7. The molecule has 104 valence electrons. The fourth-order valence-corrected chi connectivity index (χ4v) is 2.21. The molecule has 0 amide bonds. The first-order valence-electron chi connectivity index (χ1n) is 5.95. The van der Waals surface area contributed by atoms with Crippen LogP contribution < -0.4 is 5.56 Å². The zero-order valence-electron chi connectivity index (χ0n) is 10.8. The number of hydrogen-bond acceptors (Lipinski definition) is 3. The van der Waals surface area contributed by atoms with Crippen molar-refractivity contribution in [2.75, 3.05) is 0 Å². The van der Waals surface area contributed by atoms with Crippen LogP contribution in [-0.2, 0) is 17.8 Å². The summed E-state index contributed by atoms with van der Waals surface area (Å²) in [5, 5.41) is 0. The first-order chi connectivity index (χ1) is 9.49. The molecule has 0 unspecified atom stereocenters. The van der Waals surface area contributed by atoms with Crippen LogP contribution in [0.15, 0.2) is 35.4 Å². The molecule has 4 nitrogen and oxygen atoms in total. The fraction of sp³-hybridized carbons (Fsp3) is 0.214. The standard InChI is InChI=1S/C14H12FIN2O2/c1-9-13(16)14(20)18(8-17-9)7-11(19)6-10-4-2-3-5-12(10)15/h2-5,8H,6-7H2,1H3. The third-order valence-corrected chi connectivity index (χ3v) is 4.09. The second-order valence-corrected chi connectivity index (χ2v) is 5.46. The molecule has 0 spiro atoms. The summed E-state index contributed by atoms with van der Waals surface area (Å²) >= 11 is 1.90.